The van der Waals surface area contributed by atoms with Crippen LogP contribution in [0.4, 0.5) is 10.1 Å². The summed E-state index contributed by atoms with van der Waals surface area (Å²) in [5, 5.41) is 17.2. The van der Waals surface area contributed by atoms with E-state index in [-0.39, 0.29) is 11.3 Å². The summed E-state index contributed by atoms with van der Waals surface area (Å²) in [4.78, 5) is 12.6. The first-order chi connectivity index (χ1) is 14.8. The first kappa shape index (κ1) is 21.1. The number of carbonyl (C=O) groups is 1. The molecule has 2 atom stereocenters. The number of hydrogen-bond donors (Lipinski definition) is 1. The number of hydrazone groups is 1. The highest BCUT2D eigenvalue weighted by atomic mass is 35.5. The minimum atomic E-state index is -1.06. The van der Waals surface area contributed by atoms with Gasteiger partial charge in [0.25, 0.3) is 0 Å². The Morgan fingerprint density at radius 3 is 2.32 bits per heavy atom. The highest BCUT2D eigenvalue weighted by molar-refractivity contribution is 6.31. The predicted octanol–water partition coefficient (Wildman–Crippen LogP) is 6.07. The molecule has 3 aromatic rings. The molecule has 0 spiro atoms. The number of aryl methyl sites for hydroxylation is 3. The molecule has 0 amide bonds. The highest BCUT2D eigenvalue weighted by Gasteiger charge is 2.46. The Hall–Kier alpha value is -3.18. The maximum absolute atomic E-state index is 14.7. The smallest absolute Gasteiger partial charge is 0.315 e. The topological polar surface area (TPSA) is 52.9 Å². The van der Waals surface area contributed by atoms with E-state index < -0.39 is 23.7 Å². The third-order valence-electron chi connectivity index (χ3n) is 5.76. The monoisotopic (exact) mass is 436 g/mol. The Morgan fingerprint density at radius 2 is 1.68 bits per heavy atom. The van der Waals surface area contributed by atoms with Crippen molar-refractivity contribution in [2.45, 2.75) is 26.8 Å². The zero-order chi connectivity index (χ0) is 22.3. The summed E-state index contributed by atoms with van der Waals surface area (Å²) in [7, 11) is 0. The first-order valence-electron chi connectivity index (χ1n) is 9.97. The molecule has 1 aliphatic rings. The van der Waals surface area contributed by atoms with Crippen molar-refractivity contribution < 1.29 is 14.3 Å². The molecule has 158 valence electrons. The Bertz CT molecular complexity index is 1190. The van der Waals surface area contributed by atoms with Crippen LogP contribution in [0.5, 0.6) is 0 Å². The Labute approximate surface area is 185 Å². The SMILES string of the molecule is Cc1ccc(Cl)cc1N1N=C(c2ccccc2F)C(C(=O)O)C1c1c(C)cccc1C. The second kappa shape index (κ2) is 8.16. The second-order valence-corrected chi connectivity index (χ2v) is 8.24. The van der Waals surface area contributed by atoms with E-state index in [0.717, 1.165) is 22.3 Å². The maximum Gasteiger partial charge on any atom is 0.315 e. The number of rotatable bonds is 4. The zero-order valence-corrected chi connectivity index (χ0v) is 18.2. The van der Waals surface area contributed by atoms with Gasteiger partial charge in [-0.05, 0) is 61.2 Å². The summed E-state index contributed by atoms with van der Waals surface area (Å²) < 4.78 is 14.7. The molecule has 0 fully saturated rings. The van der Waals surface area contributed by atoms with E-state index in [1.54, 1.807) is 35.3 Å². The first-order valence-corrected chi connectivity index (χ1v) is 10.3. The van der Waals surface area contributed by atoms with Crippen LogP contribution >= 0.6 is 11.6 Å². The van der Waals surface area contributed by atoms with E-state index in [0.29, 0.717) is 10.7 Å². The molecule has 4 rings (SSSR count). The van der Waals surface area contributed by atoms with Crippen LogP contribution in [-0.4, -0.2) is 16.8 Å². The Morgan fingerprint density at radius 1 is 1.00 bits per heavy atom. The van der Waals surface area contributed by atoms with Crippen molar-refractivity contribution in [2.24, 2.45) is 11.0 Å². The molecule has 0 aliphatic carbocycles. The van der Waals surface area contributed by atoms with Crippen LogP contribution < -0.4 is 5.01 Å². The lowest BCUT2D eigenvalue weighted by Crippen LogP contribution is -2.33. The molecule has 4 nitrogen and oxygen atoms in total. The summed E-state index contributed by atoms with van der Waals surface area (Å²) >= 11 is 6.28. The van der Waals surface area contributed by atoms with Gasteiger partial charge in [-0.1, -0.05) is 54.1 Å². The van der Waals surface area contributed by atoms with E-state index in [1.165, 1.54) is 6.07 Å². The molecule has 31 heavy (non-hydrogen) atoms. The van der Waals surface area contributed by atoms with Crippen LogP contribution in [0.15, 0.2) is 65.8 Å². The van der Waals surface area contributed by atoms with Crippen molar-refractivity contribution in [3.05, 3.63) is 99.3 Å². The molecule has 2 unspecified atom stereocenters. The molecule has 1 aliphatic heterocycles. The quantitative estimate of drug-likeness (QED) is 0.540. The van der Waals surface area contributed by atoms with E-state index in [1.807, 2.05) is 45.0 Å². The number of nitrogens with zero attached hydrogens (tertiary/aromatic N) is 2. The van der Waals surface area contributed by atoms with Gasteiger partial charge in [0.05, 0.1) is 17.4 Å². The van der Waals surface area contributed by atoms with Crippen LogP contribution in [-0.2, 0) is 4.79 Å². The van der Waals surface area contributed by atoms with Crippen LogP contribution in [0.2, 0.25) is 5.02 Å². The molecule has 1 N–H and O–H groups in total. The Balaban J connectivity index is 2.01. The number of anilines is 1. The molecule has 0 aromatic heterocycles. The predicted molar refractivity (Wildman–Crippen MR) is 121 cm³/mol. The van der Waals surface area contributed by atoms with Gasteiger partial charge >= 0.3 is 5.97 Å². The average molecular weight is 437 g/mol. The van der Waals surface area contributed by atoms with Crippen LogP contribution in [0.1, 0.15) is 33.9 Å². The van der Waals surface area contributed by atoms with Crippen molar-refractivity contribution in [1.29, 1.82) is 0 Å². The van der Waals surface area contributed by atoms with Gasteiger partial charge in [0.1, 0.15) is 11.7 Å². The van der Waals surface area contributed by atoms with Gasteiger partial charge in [0, 0.05) is 10.6 Å². The van der Waals surface area contributed by atoms with Gasteiger partial charge in [0.15, 0.2) is 0 Å². The number of aliphatic carboxylic acids is 1. The van der Waals surface area contributed by atoms with Crippen molar-refractivity contribution in [3.63, 3.8) is 0 Å². The largest absolute Gasteiger partial charge is 0.481 e. The van der Waals surface area contributed by atoms with E-state index >= 15 is 0 Å². The fourth-order valence-electron chi connectivity index (χ4n) is 4.29. The van der Waals surface area contributed by atoms with Gasteiger partial charge in [-0.3, -0.25) is 9.80 Å². The van der Waals surface area contributed by atoms with Crippen molar-refractivity contribution >= 4 is 29.0 Å². The fourth-order valence-corrected chi connectivity index (χ4v) is 4.46. The molecule has 0 saturated heterocycles. The standard InChI is InChI=1S/C25H22ClFN2O2/c1-14-11-12-17(26)13-20(14)29-24(21-15(2)7-6-8-16(21)3)22(25(30)31)23(28-29)18-9-4-5-10-19(18)27/h4-13,22,24H,1-3H3,(H,30,31). The summed E-state index contributed by atoms with van der Waals surface area (Å²) in [5.74, 6) is -2.62. The molecule has 0 radical (unpaired) electrons. The van der Waals surface area contributed by atoms with Crippen molar-refractivity contribution in [3.8, 4) is 0 Å². The lowest BCUT2D eigenvalue weighted by Gasteiger charge is -2.30. The van der Waals surface area contributed by atoms with E-state index in [4.69, 9.17) is 16.7 Å². The molecule has 1 heterocycles. The molecule has 6 heteroatoms. The molecule has 0 bridgehead atoms. The highest BCUT2D eigenvalue weighted by Crippen LogP contribution is 2.44. The number of carboxylic acid groups (broad SMARTS) is 1. The van der Waals surface area contributed by atoms with Crippen LogP contribution in [0.3, 0.4) is 0 Å². The minimum absolute atomic E-state index is 0.188. The summed E-state index contributed by atoms with van der Waals surface area (Å²) in [6, 6.07) is 16.7. The number of hydrogen-bond acceptors (Lipinski definition) is 3. The van der Waals surface area contributed by atoms with Crippen molar-refractivity contribution in [2.75, 3.05) is 5.01 Å². The maximum atomic E-state index is 14.7. The lowest BCUT2D eigenvalue weighted by molar-refractivity contribution is -0.139. The fraction of sp³-hybridized carbons (Fsp3) is 0.200. The number of benzene rings is 3. The van der Waals surface area contributed by atoms with E-state index in [9.17, 15) is 14.3 Å². The summed E-state index contributed by atoms with van der Waals surface area (Å²) in [6.07, 6.45) is 0. The van der Waals surface area contributed by atoms with Crippen LogP contribution in [0, 0.1) is 32.5 Å². The van der Waals surface area contributed by atoms with Gasteiger partial charge in [0.2, 0.25) is 0 Å². The third-order valence-corrected chi connectivity index (χ3v) is 6.00. The molecule has 0 saturated carbocycles. The lowest BCUT2D eigenvalue weighted by atomic mass is 9.83. The van der Waals surface area contributed by atoms with Gasteiger partial charge in [-0.25, -0.2) is 4.39 Å². The van der Waals surface area contributed by atoms with Gasteiger partial charge in [-0.15, -0.1) is 0 Å². The average Bonchev–Trinajstić information content (AvgIpc) is 3.10. The van der Waals surface area contributed by atoms with Gasteiger partial charge in [-0.2, -0.15) is 5.10 Å². The van der Waals surface area contributed by atoms with Gasteiger partial charge < -0.3 is 5.11 Å². The second-order valence-electron chi connectivity index (χ2n) is 7.81. The Kier molecular flexibility index (Phi) is 5.54. The summed E-state index contributed by atoms with van der Waals surface area (Å²) in [6.45, 7) is 5.82. The van der Waals surface area contributed by atoms with Crippen LogP contribution in [0.25, 0.3) is 0 Å². The number of halogens is 2. The molecular formula is C25H22ClFN2O2. The third kappa shape index (κ3) is 3.70. The number of carboxylic acids is 1. The minimum Gasteiger partial charge on any atom is -0.481 e. The summed E-state index contributed by atoms with van der Waals surface area (Å²) in [5.41, 5.74) is 4.73. The van der Waals surface area contributed by atoms with Crippen molar-refractivity contribution in [1.82, 2.24) is 0 Å². The normalized spacial score (nSPS) is 18.2. The molecular weight excluding hydrogens is 415 g/mol. The zero-order valence-electron chi connectivity index (χ0n) is 17.4. The van der Waals surface area contributed by atoms with E-state index in [2.05, 4.69) is 0 Å². The molecule has 3 aromatic carbocycles.